The normalized spacial score (nSPS) is 10.7. The van der Waals surface area contributed by atoms with Crippen LogP contribution in [0.25, 0.3) is 11.3 Å². The number of amides is 1. The van der Waals surface area contributed by atoms with Gasteiger partial charge in [-0.25, -0.2) is 4.98 Å². The van der Waals surface area contributed by atoms with Gasteiger partial charge in [0, 0.05) is 21.9 Å². The fourth-order valence-electron chi connectivity index (χ4n) is 2.81. The number of ether oxygens (including phenoxy) is 1. The number of carbonyl (C=O) groups is 1. The summed E-state index contributed by atoms with van der Waals surface area (Å²) in [5.74, 6) is 0.818. The van der Waals surface area contributed by atoms with Crippen LogP contribution in [-0.2, 0) is 4.79 Å². The predicted molar refractivity (Wildman–Crippen MR) is 117 cm³/mol. The molecular formula is C22H23ClN2O2S. The molecule has 0 aliphatic heterocycles. The Morgan fingerprint density at radius 1 is 1.18 bits per heavy atom. The third-order valence-corrected chi connectivity index (χ3v) is 5.41. The van der Waals surface area contributed by atoms with E-state index in [2.05, 4.69) is 16.4 Å². The number of hydrogen-bond acceptors (Lipinski definition) is 4. The zero-order valence-electron chi connectivity index (χ0n) is 16.2. The Hall–Kier alpha value is -2.37. The average Bonchev–Trinajstić information content (AvgIpc) is 3.01. The summed E-state index contributed by atoms with van der Waals surface area (Å²) in [6.45, 7) is 6.54. The molecule has 0 radical (unpaired) electrons. The molecule has 1 aromatic heterocycles. The van der Waals surface area contributed by atoms with E-state index >= 15 is 0 Å². The van der Waals surface area contributed by atoms with Gasteiger partial charge in [0.05, 0.1) is 12.3 Å². The van der Waals surface area contributed by atoms with Crippen LogP contribution < -0.4 is 10.1 Å². The molecule has 0 bridgehead atoms. The average molecular weight is 415 g/mol. The number of carbonyl (C=O) groups excluding carboxylic acids is 1. The Kier molecular flexibility index (Phi) is 6.70. The summed E-state index contributed by atoms with van der Waals surface area (Å²) in [4.78, 5) is 17.8. The van der Waals surface area contributed by atoms with Crippen molar-refractivity contribution in [2.75, 3.05) is 11.9 Å². The highest BCUT2D eigenvalue weighted by molar-refractivity contribution is 7.16. The molecule has 1 heterocycles. The lowest BCUT2D eigenvalue weighted by atomic mass is 10.1. The highest BCUT2D eigenvalue weighted by Crippen LogP contribution is 2.31. The highest BCUT2D eigenvalue weighted by atomic mass is 35.5. The molecule has 0 atom stereocenters. The molecule has 146 valence electrons. The molecule has 4 nitrogen and oxygen atoms in total. The lowest BCUT2D eigenvalue weighted by molar-refractivity contribution is -0.116. The van der Waals surface area contributed by atoms with Crippen molar-refractivity contribution in [3.05, 3.63) is 63.5 Å². The van der Waals surface area contributed by atoms with Gasteiger partial charge in [0.2, 0.25) is 5.91 Å². The monoisotopic (exact) mass is 414 g/mol. The maximum absolute atomic E-state index is 12.2. The Bertz CT molecular complexity index is 984. The van der Waals surface area contributed by atoms with Gasteiger partial charge in [-0.3, -0.25) is 4.79 Å². The van der Waals surface area contributed by atoms with E-state index in [4.69, 9.17) is 16.3 Å². The molecule has 0 fully saturated rings. The van der Waals surface area contributed by atoms with Crippen molar-refractivity contribution in [2.24, 2.45) is 0 Å². The second-order valence-corrected chi connectivity index (χ2v) is 8.34. The van der Waals surface area contributed by atoms with Crippen molar-refractivity contribution in [2.45, 2.75) is 33.6 Å². The van der Waals surface area contributed by atoms with Gasteiger partial charge in [0.15, 0.2) is 5.13 Å². The number of benzene rings is 2. The maximum Gasteiger partial charge on any atom is 0.226 e. The SMILES string of the molecule is Cc1ccc(C)c(OCCCC(=O)Nc2nc(-c3cccc(Cl)c3)c(C)s2)c1. The van der Waals surface area contributed by atoms with E-state index in [0.29, 0.717) is 29.6 Å². The second-order valence-electron chi connectivity index (χ2n) is 6.70. The molecule has 0 aliphatic carbocycles. The minimum absolute atomic E-state index is 0.0593. The van der Waals surface area contributed by atoms with E-state index in [9.17, 15) is 4.79 Å². The van der Waals surface area contributed by atoms with E-state index in [1.54, 1.807) is 0 Å². The van der Waals surface area contributed by atoms with Crippen molar-refractivity contribution in [3.8, 4) is 17.0 Å². The number of thiazole rings is 1. The lowest BCUT2D eigenvalue weighted by Gasteiger charge is -2.09. The Labute approximate surface area is 174 Å². The topological polar surface area (TPSA) is 51.2 Å². The van der Waals surface area contributed by atoms with Gasteiger partial charge < -0.3 is 10.1 Å². The van der Waals surface area contributed by atoms with Gasteiger partial charge in [-0.2, -0.15) is 0 Å². The Morgan fingerprint density at radius 2 is 2.00 bits per heavy atom. The minimum Gasteiger partial charge on any atom is -0.493 e. The first-order valence-electron chi connectivity index (χ1n) is 9.15. The molecule has 1 amide bonds. The van der Waals surface area contributed by atoms with Crippen LogP contribution in [0, 0.1) is 20.8 Å². The van der Waals surface area contributed by atoms with E-state index in [1.165, 1.54) is 11.3 Å². The molecule has 0 spiro atoms. The van der Waals surface area contributed by atoms with Gasteiger partial charge in [-0.05, 0) is 56.5 Å². The molecule has 3 rings (SSSR count). The van der Waals surface area contributed by atoms with Crippen LogP contribution in [0.2, 0.25) is 5.02 Å². The molecule has 0 saturated carbocycles. The van der Waals surface area contributed by atoms with Crippen molar-refractivity contribution in [1.82, 2.24) is 4.98 Å². The van der Waals surface area contributed by atoms with Crippen LogP contribution in [0.5, 0.6) is 5.75 Å². The zero-order chi connectivity index (χ0) is 20.1. The van der Waals surface area contributed by atoms with Crippen molar-refractivity contribution in [3.63, 3.8) is 0 Å². The Balaban J connectivity index is 1.51. The number of halogens is 1. The molecule has 0 unspecified atom stereocenters. The standard InChI is InChI=1S/C22H23ClN2O2S/c1-14-9-10-15(2)19(12-14)27-11-5-8-20(26)24-22-25-21(16(3)28-22)17-6-4-7-18(23)13-17/h4,6-7,9-10,12-13H,5,8,11H2,1-3H3,(H,24,25,26). The van der Waals surface area contributed by atoms with E-state index in [1.807, 2.05) is 57.2 Å². The van der Waals surface area contributed by atoms with E-state index in [0.717, 1.165) is 33.0 Å². The number of nitrogens with one attached hydrogen (secondary N) is 1. The second kappa shape index (κ2) is 9.22. The molecule has 2 aromatic carbocycles. The fraction of sp³-hybridized carbons (Fsp3) is 0.273. The first-order chi connectivity index (χ1) is 13.4. The van der Waals surface area contributed by atoms with Crippen LogP contribution in [0.4, 0.5) is 5.13 Å². The number of nitrogens with zero attached hydrogens (tertiary/aromatic N) is 1. The smallest absolute Gasteiger partial charge is 0.226 e. The number of aromatic nitrogens is 1. The van der Waals surface area contributed by atoms with Crippen molar-refractivity contribution in [1.29, 1.82) is 0 Å². The fourth-order valence-corrected chi connectivity index (χ4v) is 3.86. The summed E-state index contributed by atoms with van der Waals surface area (Å²) in [5, 5.41) is 4.16. The van der Waals surface area contributed by atoms with Crippen LogP contribution >= 0.6 is 22.9 Å². The molecule has 0 aliphatic rings. The van der Waals surface area contributed by atoms with Gasteiger partial charge in [-0.1, -0.05) is 35.9 Å². The number of aryl methyl sites for hydroxylation is 3. The number of anilines is 1. The molecule has 0 saturated heterocycles. The van der Waals surface area contributed by atoms with Gasteiger partial charge in [0.25, 0.3) is 0 Å². The maximum atomic E-state index is 12.2. The molecule has 1 N–H and O–H groups in total. The summed E-state index contributed by atoms with van der Waals surface area (Å²) in [6.07, 6.45) is 1.03. The molecule has 6 heteroatoms. The molecular weight excluding hydrogens is 392 g/mol. The molecule has 28 heavy (non-hydrogen) atoms. The van der Waals surface area contributed by atoms with Crippen LogP contribution in [0.1, 0.15) is 28.8 Å². The number of rotatable bonds is 7. The third kappa shape index (κ3) is 5.33. The minimum atomic E-state index is -0.0593. The van der Waals surface area contributed by atoms with Crippen molar-refractivity contribution < 1.29 is 9.53 Å². The van der Waals surface area contributed by atoms with Gasteiger partial charge in [0.1, 0.15) is 5.75 Å². The van der Waals surface area contributed by atoms with Gasteiger partial charge in [-0.15, -0.1) is 11.3 Å². The van der Waals surface area contributed by atoms with Crippen molar-refractivity contribution >= 4 is 34.0 Å². The Morgan fingerprint density at radius 3 is 2.79 bits per heavy atom. The predicted octanol–water partition coefficient (Wildman–Crippen LogP) is 6.19. The van der Waals surface area contributed by atoms with Crippen LogP contribution in [0.3, 0.4) is 0 Å². The summed E-state index contributed by atoms with van der Waals surface area (Å²) >= 11 is 7.53. The van der Waals surface area contributed by atoms with Crippen LogP contribution in [0.15, 0.2) is 42.5 Å². The number of hydrogen-bond donors (Lipinski definition) is 1. The largest absolute Gasteiger partial charge is 0.493 e. The first-order valence-corrected chi connectivity index (χ1v) is 10.3. The summed E-state index contributed by atoms with van der Waals surface area (Å²) < 4.78 is 5.80. The zero-order valence-corrected chi connectivity index (χ0v) is 17.8. The lowest BCUT2D eigenvalue weighted by Crippen LogP contribution is -2.12. The quantitative estimate of drug-likeness (QED) is 0.469. The van der Waals surface area contributed by atoms with Gasteiger partial charge >= 0.3 is 0 Å². The summed E-state index contributed by atoms with van der Waals surface area (Å²) in [5.41, 5.74) is 4.06. The van der Waals surface area contributed by atoms with E-state index < -0.39 is 0 Å². The first kappa shape index (κ1) is 20.4. The third-order valence-electron chi connectivity index (χ3n) is 4.29. The summed E-state index contributed by atoms with van der Waals surface area (Å²) in [6, 6.07) is 13.7. The van der Waals surface area contributed by atoms with E-state index in [-0.39, 0.29) is 5.91 Å². The van der Waals surface area contributed by atoms with Crippen LogP contribution in [-0.4, -0.2) is 17.5 Å². The molecule has 3 aromatic rings. The summed E-state index contributed by atoms with van der Waals surface area (Å²) in [7, 11) is 0. The highest BCUT2D eigenvalue weighted by Gasteiger charge is 2.12.